The van der Waals surface area contributed by atoms with Crippen LogP contribution in [-0.4, -0.2) is 16.7 Å². The number of aromatic nitrogens is 1. The second-order valence-corrected chi connectivity index (χ2v) is 6.94. The highest BCUT2D eigenvalue weighted by molar-refractivity contribution is 7.18. The van der Waals surface area contributed by atoms with Gasteiger partial charge in [0.15, 0.2) is 5.78 Å². The first-order valence-corrected chi connectivity index (χ1v) is 9.20. The Morgan fingerprint density at radius 2 is 1.80 bits per heavy atom. The smallest absolute Gasteiger partial charge is 0.220 e. The Bertz CT molecular complexity index is 851. The summed E-state index contributed by atoms with van der Waals surface area (Å²) < 4.78 is 1.11. The van der Waals surface area contributed by atoms with Gasteiger partial charge < -0.3 is 5.32 Å². The SMILES string of the molecule is CCc1ccc(C(=O)CCC(=O)NCc2nc3ccccc3s2)cc1. The minimum absolute atomic E-state index is 0.00205. The Hall–Kier alpha value is -2.53. The van der Waals surface area contributed by atoms with Gasteiger partial charge in [0, 0.05) is 18.4 Å². The van der Waals surface area contributed by atoms with Crippen molar-refractivity contribution in [1.82, 2.24) is 10.3 Å². The zero-order chi connectivity index (χ0) is 17.6. The lowest BCUT2D eigenvalue weighted by atomic mass is 10.0. The van der Waals surface area contributed by atoms with Gasteiger partial charge in [-0.25, -0.2) is 4.98 Å². The van der Waals surface area contributed by atoms with Crippen molar-refractivity contribution in [1.29, 1.82) is 0 Å². The highest BCUT2D eigenvalue weighted by Crippen LogP contribution is 2.21. The number of carbonyl (C=O) groups is 2. The Labute approximate surface area is 150 Å². The fourth-order valence-corrected chi connectivity index (χ4v) is 3.46. The summed E-state index contributed by atoms with van der Waals surface area (Å²) in [6, 6.07) is 15.5. The molecule has 128 valence electrons. The Balaban J connectivity index is 1.47. The predicted octanol–water partition coefficient (Wildman–Crippen LogP) is 4.14. The molecule has 3 rings (SSSR count). The van der Waals surface area contributed by atoms with Crippen LogP contribution in [0.15, 0.2) is 48.5 Å². The molecule has 0 fully saturated rings. The molecule has 1 N–H and O–H groups in total. The molecule has 0 radical (unpaired) electrons. The van der Waals surface area contributed by atoms with E-state index in [9.17, 15) is 9.59 Å². The largest absolute Gasteiger partial charge is 0.350 e. The van der Waals surface area contributed by atoms with E-state index in [2.05, 4.69) is 17.2 Å². The van der Waals surface area contributed by atoms with Crippen molar-refractivity contribution in [2.75, 3.05) is 0 Å². The fraction of sp³-hybridized carbons (Fsp3) is 0.250. The number of benzene rings is 2. The van der Waals surface area contributed by atoms with E-state index in [4.69, 9.17) is 0 Å². The Kier molecular flexibility index (Phi) is 5.56. The number of amides is 1. The maximum atomic E-state index is 12.2. The molecule has 2 aromatic carbocycles. The summed E-state index contributed by atoms with van der Waals surface area (Å²) in [6.45, 7) is 2.48. The van der Waals surface area contributed by atoms with Crippen LogP contribution in [0.5, 0.6) is 0 Å². The summed E-state index contributed by atoms with van der Waals surface area (Å²) in [5.74, 6) is -0.129. The minimum Gasteiger partial charge on any atom is -0.350 e. The first-order valence-electron chi connectivity index (χ1n) is 8.39. The number of thiazole rings is 1. The second-order valence-electron chi connectivity index (χ2n) is 5.83. The summed E-state index contributed by atoms with van der Waals surface area (Å²) in [4.78, 5) is 28.6. The van der Waals surface area contributed by atoms with Crippen LogP contribution in [0.3, 0.4) is 0 Å². The molecule has 25 heavy (non-hydrogen) atoms. The number of carbonyl (C=O) groups excluding carboxylic acids is 2. The van der Waals surface area contributed by atoms with Gasteiger partial charge in [-0.3, -0.25) is 9.59 Å². The normalized spacial score (nSPS) is 10.8. The molecule has 4 nitrogen and oxygen atoms in total. The molecule has 1 heterocycles. The molecule has 0 bridgehead atoms. The molecular weight excluding hydrogens is 332 g/mol. The predicted molar refractivity (Wildman–Crippen MR) is 101 cm³/mol. The van der Waals surface area contributed by atoms with Crippen molar-refractivity contribution < 1.29 is 9.59 Å². The Morgan fingerprint density at radius 3 is 2.52 bits per heavy atom. The van der Waals surface area contributed by atoms with E-state index in [1.807, 2.05) is 48.5 Å². The van der Waals surface area contributed by atoms with Crippen LogP contribution in [0.25, 0.3) is 10.2 Å². The standard InChI is InChI=1S/C20H20N2O2S/c1-2-14-7-9-15(10-8-14)17(23)11-12-19(24)21-13-20-22-16-5-3-4-6-18(16)25-20/h3-10H,2,11-13H2,1H3,(H,21,24). The topological polar surface area (TPSA) is 59.1 Å². The summed E-state index contributed by atoms with van der Waals surface area (Å²) >= 11 is 1.57. The van der Waals surface area contributed by atoms with E-state index < -0.39 is 0 Å². The maximum Gasteiger partial charge on any atom is 0.220 e. The zero-order valence-electron chi connectivity index (χ0n) is 14.1. The lowest BCUT2D eigenvalue weighted by Gasteiger charge is -2.04. The molecule has 0 saturated carbocycles. The number of nitrogens with zero attached hydrogens (tertiary/aromatic N) is 1. The van der Waals surface area contributed by atoms with Gasteiger partial charge in [0.05, 0.1) is 16.8 Å². The molecule has 1 aromatic heterocycles. The van der Waals surface area contributed by atoms with E-state index >= 15 is 0 Å². The number of Topliss-reactive ketones (excluding diaryl/α,β-unsaturated/α-hetero) is 1. The molecule has 0 aliphatic rings. The van der Waals surface area contributed by atoms with Crippen LogP contribution in [0.1, 0.15) is 40.7 Å². The molecule has 0 aliphatic heterocycles. The summed E-state index contributed by atoms with van der Waals surface area (Å²) in [5.41, 5.74) is 2.81. The molecule has 0 saturated heterocycles. The van der Waals surface area contributed by atoms with Crippen molar-refractivity contribution in [3.8, 4) is 0 Å². The van der Waals surface area contributed by atoms with Crippen molar-refractivity contribution in [2.45, 2.75) is 32.7 Å². The van der Waals surface area contributed by atoms with Gasteiger partial charge in [-0.2, -0.15) is 0 Å². The summed E-state index contributed by atoms with van der Waals surface area (Å²) in [6.07, 6.45) is 1.36. The van der Waals surface area contributed by atoms with Crippen LogP contribution in [-0.2, 0) is 17.8 Å². The molecule has 5 heteroatoms. The Morgan fingerprint density at radius 1 is 1.04 bits per heavy atom. The summed E-state index contributed by atoms with van der Waals surface area (Å²) in [5, 5.41) is 3.71. The zero-order valence-corrected chi connectivity index (χ0v) is 14.9. The van der Waals surface area contributed by atoms with Crippen LogP contribution >= 0.6 is 11.3 Å². The van der Waals surface area contributed by atoms with E-state index in [-0.39, 0.29) is 24.5 Å². The lowest BCUT2D eigenvalue weighted by molar-refractivity contribution is -0.121. The van der Waals surface area contributed by atoms with Crippen LogP contribution < -0.4 is 5.32 Å². The quantitative estimate of drug-likeness (QED) is 0.650. The van der Waals surface area contributed by atoms with Crippen molar-refractivity contribution in [3.05, 3.63) is 64.7 Å². The number of aryl methyl sites for hydroxylation is 1. The molecular formula is C20H20N2O2S. The monoisotopic (exact) mass is 352 g/mol. The maximum absolute atomic E-state index is 12.2. The number of fused-ring (bicyclic) bond motifs is 1. The molecule has 0 unspecified atom stereocenters. The van der Waals surface area contributed by atoms with E-state index in [1.165, 1.54) is 5.56 Å². The fourth-order valence-electron chi connectivity index (χ4n) is 2.56. The highest BCUT2D eigenvalue weighted by Gasteiger charge is 2.10. The van der Waals surface area contributed by atoms with Gasteiger partial charge in [0.1, 0.15) is 5.01 Å². The van der Waals surface area contributed by atoms with Gasteiger partial charge in [-0.1, -0.05) is 43.3 Å². The minimum atomic E-state index is -0.127. The third-order valence-corrected chi connectivity index (χ3v) is 5.07. The first kappa shape index (κ1) is 17.3. The molecule has 1 amide bonds. The van der Waals surface area contributed by atoms with E-state index in [0.717, 1.165) is 21.6 Å². The number of rotatable bonds is 7. The average molecular weight is 352 g/mol. The van der Waals surface area contributed by atoms with Gasteiger partial charge in [0.2, 0.25) is 5.91 Å². The summed E-state index contributed by atoms with van der Waals surface area (Å²) in [7, 11) is 0. The van der Waals surface area contributed by atoms with Crippen LogP contribution in [0.4, 0.5) is 0 Å². The number of ketones is 1. The number of hydrogen-bond donors (Lipinski definition) is 1. The second kappa shape index (κ2) is 8.03. The first-order chi connectivity index (χ1) is 12.2. The van der Waals surface area contributed by atoms with Gasteiger partial charge >= 0.3 is 0 Å². The van der Waals surface area contributed by atoms with Crippen molar-refractivity contribution in [2.24, 2.45) is 0 Å². The third kappa shape index (κ3) is 4.51. The number of para-hydroxylation sites is 1. The van der Waals surface area contributed by atoms with Crippen molar-refractivity contribution >= 4 is 33.2 Å². The number of nitrogens with one attached hydrogen (secondary N) is 1. The van der Waals surface area contributed by atoms with Crippen LogP contribution in [0, 0.1) is 0 Å². The molecule has 3 aromatic rings. The van der Waals surface area contributed by atoms with E-state index in [1.54, 1.807) is 11.3 Å². The van der Waals surface area contributed by atoms with E-state index in [0.29, 0.717) is 12.1 Å². The molecule has 0 aliphatic carbocycles. The molecule has 0 spiro atoms. The van der Waals surface area contributed by atoms with Gasteiger partial charge in [-0.15, -0.1) is 11.3 Å². The average Bonchev–Trinajstić information content (AvgIpc) is 3.07. The van der Waals surface area contributed by atoms with Gasteiger partial charge in [-0.05, 0) is 24.1 Å². The van der Waals surface area contributed by atoms with Crippen LogP contribution in [0.2, 0.25) is 0 Å². The highest BCUT2D eigenvalue weighted by atomic mass is 32.1. The molecule has 0 atom stereocenters. The lowest BCUT2D eigenvalue weighted by Crippen LogP contribution is -2.23. The van der Waals surface area contributed by atoms with Gasteiger partial charge in [0.25, 0.3) is 0 Å². The third-order valence-electron chi connectivity index (χ3n) is 4.04. The number of hydrogen-bond acceptors (Lipinski definition) is 4. The van der Waals surface area contributed by atoms with Crippen molar-refractivity contribution in [3.63, 3.8) is 0 Å².